The Labute approximate surface area is 92.1 Å². The lowest BCUT2D eigenvalue weighted by molar-refractivity contribution is -0.138. The second-order valence-corrected chi connectivity index (χ2v) is 3.21. The summed E-state index contributed by atoms with van der Waals surface area (Å²) in [5.74, 6) is -0.861. The van der Waals surface area contributed by atoms with Crippen LogP contribution in [0.1, 0.15) is 18.0 Å². The van der Waals surface area contributed by atoms with Crippen LogP contribution >= 0.6 is 0 Å². The highest BCUT2D eigenvalue weighted by molar-refractivity contribution is 5.68. The molecule has 0 heterocycles. The molecule has 4 N–H and O–H groups in total. The van der Waals surface area contributed by atoms with Crippen molar-refractivity contribution in [1.29, 1.82) is 0 Å². The SMILES string of the molecule is COc1cc(C(CC(=O)O)NO)ccc1O. The molecule has 0 fully saturated rings. The van der Waals surface area contributed by atoms with Crippen LogP contribution in [0, 0.1) is 0 Å². The number of aromatic hydroxyl groups is 1. The number of hydroxylamine groups is 1. The number of aliphatic carboxylic acids is 1. The van der Waals surface area contributed by atoms with Crippen LogP contribution in [-0.2, 0) is 4.79 Å². The summed E-state index contributed by atoms with van der Waals surface area (Å²) in [6.07, 6.45) is -0.273. The molecule has 0 aliphatic heterocycles. The summed E-state index contributed by atoms with van der Waals surface area (Å²) in [6.45, 7) is 0. The van der Waals surface area contributed by atoms with E-state index >= 15 is 0 Å². The second kappa shape index (κ2) is 5.34. The maximum atomic E-state index is 10.5. The van der Waals surface area contributed by atoms with Crippen molar-refractivity contribution in [3.63, 3.8) is 0 Å². The summed E-state index contributed by atoms with van der Waals surface area (Å²) in [4.78, 5) is 10.5. The van der Waals surface area contributed by atoms with Gasteiger partial charge in [0.2, 0.25) is 0 Å². The van der Waals surface area contributed by atoms with Gasteiger partial charge >= 0.3 is 5.97 Å². The average molecular weight is 227 g/mol. The fourth-order valence-electron chi connectivity index (χ4n) is 1.32. The predicted octanol–water partition coefficient (Wildman–Crippen LogP) is 0.895. The number of nitrogens with one attached hydrogen (secondary N) is 1. The van der Waals surface area contributed by atoms with Crippen LogP contribution in [0.3, 0.4) is 0 Å². The van der Waals surface area contributed by atoms with Crippen LogP contribution in [0.15, 0.2) is 18.2 Å². The van der Waals surface area contributed by atoms with E-state index in [1.54, 1.807) is 0 Å². The molecule has 1 atom stereocenters. The van der Waals surface area contributed by atoms with Crippen molar-refractivity contribution in [3.05, 3.63) is 23.8 Å². The van der Waals surface area contributed by atoms with Gasteiger partial charge in [-0.1, -0.05) is 6.07 Å². The monoisotopic (exact) mass is 227 g/mol. The van der Waals surface area contributed by atoms with Crippen LogP contribution in [0.2, 0.25) is 0 Å². The summed E-state index contributed by atoms with van der Waals surface area (Å²) in [7, 11) is 1.39. The standard InChI is InChI=1S/C10H13NO5/c1-16-9-4-6(2-3-8(9)12)7(11-15)5-10(13)14/h2-4,7,11-12,15H,5H2,1H3,(H,13,14). The third-order valence-electron chi connectivity index (χ3n) is 2.14. The molecule has 0 saturated heterocycles. The van der Waals surface area contributed by atoms with E-state index in [9.17, 15) is 9.90 Å². The first kappa shape index (κ1) is 12.3. The first-order valence-corrected chi connectivity index (χ1v) is 4.56. The summed E-state index contributed by atoms with van der Waals surface area (Å²) in [5, 5.41) is 26.8. The predicted molar refractivity (Wildman–Crippen MR) is 54.6 cm³/mol. The number of rotatable bonds is 5. The molecule has 1 aromatic rings. The van der Waals surface area contributed by atoms with E-state index < -0.39 is 12.0 Å². The zero-order valence-electron chi connectivity index (χ0n) is 8.67. The van der Waals surface area contributed by atoms with Gasteiger partial charge in [-0.05, 0) is 17.7 Å². The van der Waals surface area contributed by atoms with Gasteiger partial charge in [-0.2, -0.15) is 5.48 Å². The van der Waals surface area contributed by atoms with E-state index in [0.29, 0.717) is 5.56 Å². The fraction of sp³-hybridized carbons (Fsp3) is 0.300. The Kier molecular flexibility index (Phi) is 4.10. The molecule has 0 aliphatic rings. The Hall–Kier alpha value is -1.79. The van der Waals surface area contributed by atoms with Gasteiger partial charge in [0.15, 0.2) is 11.5 Å². The Morgan fingerprint density at radius 1 is 1.56 bits per heavy atom. The van der Waals surface area contributed by atoms with E-state index in [0.717, 1.165) is 0 Å². The first-order chi connectivity index (χ1) is 7.58. The minimum absolute atomic E-state index is 0.0433. The molecule has 1 unspecified atom stereocenters. The average Bonchev–Trinajstić information content (AvgIpc) is 2.26. The third kappa shape index (κ3) is 2.85. The number of benzene rings is 1. The number of ether oxygens (including phenoxy) is 1. The van der Waals surface area contributed by atoms with Gasteiger partial charge in [0.25, 0.3) is 0 Å². The number of carbonyl (C=O) groups is 1. The molecule has 16 heavy (non-hydrogen) atoms. The van der Waals surface area contributed by atoms with E-state index in [1.807, 2.05) is 5.48 Å². The summed E-state index contributed by atoms with van der Waals surface area (Å²) in [6, 6.07) is 3.60. The highest BCUT2D eigenvalue weighted by Gasteiger charge is 2.16. The van der Waals surface area contributed by atoms with Crippen molar-refractivity contribution in [2.24, 2.45) is 0 Å². The van der Waals surface area contributed by atoms with Gasteiger partial charge < -0.3 is 20.2 Å². The smallest absolute Gasteiger partial charge is 0.305 e. The number of methoxy groups -OCH3 is 1. The zero-order valence-corrected chi connectivity index (χ0v) is 8.67. The largest absolute Gasteiger partial charge is 0.504 e. The minimum atomic E-state index is -1.04. The van der Waals surface area contributed by atoms with Crippen molar-refractivity contribution < 1.29 is 25.0 Å². The van der Waals surface area contributed by atoms with Gasteiger partial charge in [-0.25, -0.2) is 0 Å². The molecule has 88 valence electrons. The van der Waals surface area contributed by atoms with E-state index in [-0.39, 0.29) is 17.9 Å². The topological polar surface area (TPSA) is 99.0 Å². The maximum absolute atomic E-state index is 10.5. The molecule has 0 bridgehead atoms. The molecule has 1 aromatic carbocycles. The van der Waals surface area contributed by atoms with E-state index in [1.165, 1.54) is 25.3 Å². The number of carboxylic acid groups (broad SMARTS) is 1. The van der Waals surface area contributed by atoms with Gasteiger partial charge in [0.1, 0.15) is 0 Å². The van der Waals surface area contributed by atoms with Gasteiger partial charge in [-0.3, -0.25) is 4.79 Å². The van der Waals surface area contributed by atoms with Crippen LogP contribution in [0.25, 0.3) is 0 Å². The Morgan fingerprint density at radius 3 is 2.75 bits per heavy atom. The van der Waals surface area contributed by atoms with Crippen molar-refractivity contribution in [1.82, 2.24) is 5.48 Å². The van der Waals surface area contributed by atoms with Crippen LogP contribution < -0.4 is 10.2 Å². The summed E-state index contributed by atoms with van der Waals surface area (Å²) >= 11 is 0. The Bertz CT molecular complexity index is 379. The molecule has 6 heteroatoms. The lowest BCUT2D eigenvalue weighted by Crippen LogP contribution is -2.20. The van der Waals surface area contributed by atoms with Crippen LogP contribution in [-0.4, -0.2) is 28.5 Å². The van der Waals surface area contributed by atoms with Crippen molar-refractivity contribution in [3.8, 4) is 11.5 Å². The number of phenolic OH excluding ortho intramolecular Hbond substituents is 1. The third-order valence-corrected chi connectivity index (χ3v) is 2.14. The van der Waals surface area contributed by atoms with E-state index in [2.05, 4.69) is 0 Å². The Morgan fingerprint density at radius 2 is 2.25 bits per heavy atom. The molecule has 0 aromatic heterocycles. The molecule has 0 saturated carbocycles. The first-order valence-electron chi connectivity index (χ1n) is 4.56. The van der Waals surface area contributed by atoms with Crippen molar-refractivity contribution in [2.45, 2.75) is 12.5 Å². The molecule has 0 aliphatic carbocycles. The molecule has 1 rings (SSSR count). The summed E-state index contributed by atoms with van der Waals surface area (Å²) < 4.78 is 4.88. The molecule has 0 radical (unpaired) electrons. The highest BCUT2D eigenvalue weighted by Crippen LogP contribution is 2.29. The van der Waals surface area contributed by atoms with Gasteiger partial charge in [0.05, 0.1) is 19.6 Å². The number of carboxylic acids is 1. The number of phenols is 1. The molecular formula is C10H13NO5. The maximum Gasteiger partial charge on any atom is 0.305 e. The molecule has 0 spiro atoms. The lowest BCUT2D eigenvalue weighted by Gasteiger charge is -2.14. The normalized spacial score (nSPS) is 12.1. The van der Waals surface area contributed by atoms with Gasteiger partial charge in [0, 0.05) is 0 Å². The molecule has 6 nitrogen and oxygen atoms in total. The quantitative estimate of drug-likeness (QED) is 0.558. The fourth-order valence-corrected chi connectivity index (χ4v) is 1.32. The second-order valence-electron chi connectivity index (χ2n) is 3.21. The van der Waals surface area contributed by atoms with Gasteiger partial charge in [-0.15, -0.1) is 0 Å². The zero-order chi connectivity index (χ0) is 12.1. The van der Waals surface area contributed by atoms with Crippen LogP contribution in [0.4, 0.5) is 0 Å². The van der Waals surface area contributed by atoms with E-state index in [4.69, 9.17) is 15.1 Å². The van der Waals surface area contributed by atoms with Crippen molar-refractivity contribution in [2.75, 3.05) is 7.11 Å². The molecule has 0 amide bonds. The molecular weight excluding hydrogens is 214 g/mol. The summed E-state index contributed by atoms with van der Waals surface area (Å²) in [5.41, 5.74) is 2.42. The van der Waals surface area contributed by atoms with Crippen molar-refractivity contribution >= 4 is 5.97 Å². The lowest BCUT2D eigenvalue weighted by atomic mass is 10.0. The van der Waals surface area contributed by atoms with Crippen LogP contribution in [0.5, 0.6) is 11.5 Å². The number of hydrogen-bond acceptors (Lipinski definition) is 5. The Balaban J connectivity index is 2.96. The minimum Gasteiger partial charge on any atom is -0.504 e. The highest BCUT2D eigenvalue weighted by atomic mass is 16.5. The number of hydrogen-bond donors (Lipinski definition) is 4.